The summed E-state index contributed by atoms with van der Waals surface area (Å²) in [7, 11) is 0. The van der Waals surface area contributed by atoms with E-state index in [9.17, 15) is 14.7 Å². The Labute approximate surface area is 239 Å². The summed E-state index contributed by atoms with van der Waals surface area (Å²) in [6.45, 7) is 14.3. The molecule has 1 unspecified atom stereocenters. The van der Waals surface area contributed by atoms with Crippen LogP contribution in [0.15, 0.2) is 48.0 Å². The third-order valence-electron chi connectivity index (χ3n) is 7.52. The number of hydrogen-bond donors (Lipinski definition) is 1. The van der Waals surface area contributed by atoms with Crippen LogP contribution in [0.3, 0.4) is 0 Å². The van der Waals surface area contributed by atoms with Crippen molar-refractivity contribution in [2.75, 3.05) is 39.4 Å². The highest BCUT2D eigenvalue weighted by Crippen LogP contribution is 2.40. The molecule has 40 heavy (non-hydrogen) atoms. The fourth-order valence-corrected chi connectivity index (χ4v) is 5.01. The third kappa shape index (κ3) is 7.66. The molecule has 1 saturated heterocycles. The van der Waals surface area contributed by atoms with Crippen molar-refractivity contribution in [2.24, 2.45) is 0 Å². The molecule has 1 aliphatic rings. The number of Topliss-reactive ketones (excluding diaryl/α,β-unsaturated/α-hetero) is 1. The Morgan fingerprint density at radius 3 is 2.12 bits per heavy atom. The number of carbonyl (C=O) groups excluding carboxylic acids is 2. The van der Waals surface area contributed by atoms with E-state index in [0.29, 0.717) is 37.6 Å². The molecule has 1 atom stereocenters. The van der Waals surface area contributed by atoms with Crippen LogP contribution in [0.4, 0.5) is 0 Å². The maximum atomic E-state index is 13.4. The number of hydrogen-bond acceptors (Lipinski definition) is 6. The predicted molar refractivity (Wildman–Crippen MR) is 160 cm³/mol. The van der Waals surface area contributed by atoms with Gasteiger partial charge in [-0.25, -0.2) is 0 Å². The molecule has 0 bridgehead atoms. The first-order valence-corrected chi connectivity index (χ1v) is 14.8. The molecule has 1 fully saturated rings. The molecule has 0 spiro atoms. The van der Waals surface area contributed by atoms with Gasteiger partial charge in [0.2, 0.25) is 0 Å². The number of rotatable bonds is 16. The van der Waals surface area contributed by atoms with Crippen LogP contribution in [-0.4, -0.2) is 66.0 Å². The minimum atomic E-state index is -0.690. The molecule has 0 radical (unpaired) electrons. The average molecular weight is 551 g/mol. The van der Waals surface area contributed by atoms with Gasteiger partial charge in [-0.05, 0) is 74.3 Å². The van der Waals surface area contributed by atoms with E-state index >= 15 is 0 Å². The van der Waals surface area contributed by atoms with Crippen molar-refractivity contribution >= 4 is 17.4 Å². The minimum absolute atomic E-state index is 0.115. The maximum absolute atomic E-state index is 13.4. The second kappa shape index (κ2) is 15.5. The standard InChI is InChI=1S/C33H46N2O5/c1-6-10-12-22-39-26-15-13-25(14-16-26)30-29(32(37)33(38)35(30)20-19-34(8-3)9-4)31(36)28-18-17-27(23-24(28)5)40-21-11-7-2/h13-18,23,30,36H,6-12,19-22H2,1-5H3/b31-29+. The first-order chi connectivity index (χ1) is 19.4. The summed E-state index contributed by atoms with van der Waals surface area (Å²) in [5.74, 6) is 0.0503. The zero-order valence-corrected chi connectivity index (χ0v) is 24.9. The molecule has 0 aromatic heterocycles. The monoisotopic (exact) mass is 550 g/mol. The fraction of sp³-hybridized carbons (Fsp3) is 0.515. The first kappa shape index (κ1) is 31.2. The quantitative estimate of drug-likeness (QED) is 0.111. The molecule has 1 heterocycles. The lowest BCUT2D eigenvalue weighted by molar-refractivity contribution is -0.140. The molecule has 7 heteroatoms. The summed E-state index contributed by atoms with van der Waals surface area (Å²) in [6, 6.07) is 12.3. The van der Waals surface area contributed by atoms with Crippen LogP contribution >= 0.6 is 0 Å². The van der Waals surface area contributed by atoms with Gasteiger partial charge in [-0.1, -0.05) is 59.1 Å². The van der Waals surface area contributed by atoms with Gasteiger partial charge in [-0.3, -0.25) is 9.59 Å². The molecule has 7 nitrogen and oxygen atoms in total. The lowest BCUT2D eigenvalue weighted by atomic mass is 9.94. The summed E-state index contributed by atoms with van der Waals surface area (Å²) in [5, 5.41) is 11.5. The molecule has 0 aliphatic carbocycles. The number of likely N-dealkylation sites (tertiary alicyclic amines) is 1. The number of nitrogens with zero attached hydrogens (tertiary/aromatic N) is 2. The maximum Gasteiger partial charge on any atom is 0.295 e. The highest BCUT2D eigenvalue weighted by atomic mass is 16.5. The number of aryl methyl sites for hydroxylation is 1. The number of benzene rings is 2. The first-order valence-electron chi connectivity index (χ1n) is 14.8. The van der Waals surface area contributed by atoms with Crippen LogP contribution < -0.4 is 9.47 Å². The average Bonchev–Trinajstić information content (AvgIpc) is 3.21. The largest absolute Gasteiger partial charge is 0.507 e. The number of amides is 1. The summed E-state index contributed by atoms with van der Waals surface area (Å²) in [5.41, 5.74) is 2.17. The van der Waals surface area contributed by atoms with Gasteiger partial charge in [0.1, 0.15) is 17.3 Å². The summed E-state index contributed by atoms with van der Waals surface area (Å²) in [4.78, 5) is 30.6. The molecule has 2 aromatic rings. The van der Waals surface area contributed by atoms with Gasteiger partial charge >= 0.3 is 0 Å². The zero-order chi connectivity index (χ0) is 29.1. The molecule has 3 rings (SSSR count). The molecule has 0 saturated carbocycles. The SMILES string of the molecule is CCCCCOc1ccc(C2/C(=C(\O)c3ccc(OCCCC)cc3C)C(=O)C(=O)N2CCN(CC)CC)cc1. The van der Waals surface area contributed by atoms with E-state index in [4.69, 9.17) is 9.47 Å². The number of unbranched alkanes of at least 4 members (excludes halogenated alkanes) is 3. The smallest absolute Gasteiger partial charge is 0.295 e. The summed E-state index contributed by atoms with van der Waals surface area (Å²) < 4.78 is 11.7. The minimum Gasteiger partial charge on any atom is -0.507 e. The molecule has 1 aliphatic heterocycles. The van der Waals surface area contributed by atoms with Crippen molar-refractivity contribution in [3.63, 3.8) is 0 Å². The van der Waals surface area contributed by atoms with Gasteiger partial charge in [-0.15, -0.1) is 0 Å². The number of ether oxygens (including phenoxy) is 2. The Morgan fingerprint density at radius 1 is 0.875 bits per heavy atom. The van der Waals surface area contributed by atoms with Gasteiger partial charge in [0.15, 0.2) is 0 Å². The van der Waals surface area contributed by atoms with Crippen molar-refractivity contribution in [3.05, 3.63) is 64.7 Å². The Morgan fingerprint density at radius 2 is 1.50 bits per heavy atom. The van der Waals surface area contributed by atoms with E-state index < -0.39 is 17.7 Å². The Balaban J connectivity index is 1.98. The third-order valence-corrected chi connectivity index (χ3v) is 7.52. The number of aliphatic hydroxyl groups is 1. The topological polar surface area (TPSA) is 79.3 Å². The van der Waals surface area contributed by atoms with Crippen LogP contribution in [0.2, 0.25) is 0 Å². The second-order valence-electron chi connectivity index (χ2n) is 10.3. The van der Waals surface area contributed by atoms with Gasteiger partial charge in [0, 0.05) is 18.7 Å². The number of aliphatic hydroxyl groups excluding tert-OH is 1. The van der Waals surface area contributed by atoms with E-state index in [1.54, 1.807) is 17.0 Å². The molecular formula is C33H46N2O5. The number of ketones is 1. The van der Waals surface area contributed by atoms with Gasteiger partial charge in [0.25, 0.3) is 11.7 Å². The van der Waals surface area contributed by atoms with Crippen LogP contribution in [0.1, 0.15) is 82.5 Å². The lowest BCUT2D eigenvalue weighted by Gasteiger charge is -2.28. The molecular weight excluding hydrogens is 504 g/mol. The van der Waals surface area contributed by atoms with Crippen LogP contribution in [0, 0.1) is 6.92 Å². The van der Waals surface area contributed by atoms with E-state index in [1.165, 1.54) is 0 Å². The zero-order valence-electron chi connectivity index (χ0n) is 24.9. The Kier molecular flexibility index (Phi) is 12.1. The Bertz CT molecular complexity index is 1150. The van der Waals surface area contributed by atoms with Crippen molar-refractivity contribution in [2.45, 2.75) is 72.8 Å². The van der Waals surface area contributed by atoms with Crippen LogP contribution in [0.5, 0.6) is 11.5 Å². The molecule has 1 N–H and O–H groups in total. The number of likely N-dealkylation sites (N-methyl/N-ethyl adjacent to an activating group) is 1. The summed E-state index contributed by atoms with van der Waals surface area (Å²) >= 11 is 0. The highest BCUT2D eigenvalue weighted by molar-refractivity contribution is 6.46. The van der Waals surface area contributed by atoms with Crippen molar-refractivity contribution in [1.82, 2.24) is 9.80 Å². The predicted octanol–water partition coefficient (Wildman–Crippen LogP) is 6.51. The van der Waals surface area contributed by atoms with E-state index in [0.717, 1.165) is 62.1 Å². The molecule has 218 valence electrons. The van der Waals surface area contributed by atoms with Gasteiger partial charge < -0.3 is 24.4 Å². The van der Waals surface area contributed by atoms with E-state index in [2.05, 4.69) is 32.6 Å². The number of carbonyl (C=O) groups is 2. The van der Waals surface area contributed by atoms with Crippen molar-refractivity contribution < 1.29 is 24.2 Å². The van der Waals surface area contributed by atoms with E-state index in [-0.39, 0.29) is 11.3 Å². The Hall–Kier alpha value is -3.32. The molecule has 1 amide bonds. The second-order valence-corrected chi connectivity index (χ2v) is 10.3. The normalized spacial score (nSPS) is 16.6. The van der Waals surface area contributed by atoms with Gasteiger partial charge in [0.05, 0.1) is 24.8 Å². The lowest BCUT2D eigenvalue weighted by Crippen LogP contribution is -2.38. The summed E-state index contributed by atoms with van der Waals surface area (Å²) in [6.07, 6.45) is 5.23. The highest BCUT2D eigenvalue weighted by Gasteiger charge is 2.46. The van der Waals surface area contributed by atoms with Crippen molar-refractivity contribution in [1.29, 1.82) is 0 Å². The van der Waals surface area contributed by atoms with Crippen molar-refractivity contribution in [3.8, 4) is 11.5 Å². The molecule has 2 aromatic carbocycles. The van der Waals surface area contributed by atoms with Crippen LogP contribution in [-0.2, 0) is 9.59 Å². The van der Waals surface area contributed by atoms with E-state index in [1.807, 2.05) is 37.3 Å². The van der Waals surface area contributed by atoms with Crippen LogP contribution in [0.25, 0.3) is 5.76 Å². The van der Waals surface area contributed by atoms with Gasteiger partial charge in [-0.2, -0.15) is 0 Å². The fourth-order valence-electron chi connectivity index (χ4n) is 5.01.